The van der Waals surface area contributed by atoms with E-state index in [1.54, 1.807) is 20.0 Å². The average molecular weight is 241 g/mol. The van der Waals surface area contributed by atoms with E-state index in [1.807, 2.05) is 0 Å². The van der Waals surface area contributed by atoms with Crippen LogP contribution in [0.5, 0.6) is 0 Å². The van der Waals surface area contributed by atoms with E-state index in [9.17, 15) is 9.59 Å². The monoisotopic (exact) mass is 241 g/mol. The Morgan fingerprint density at radius 2 is 2.24 bits per heavy atom. The maximum absolute atomic E-state index is 11.2. The van der Waals surface area contributed by atoms with Crippen molar-refractivity contribution >= 4 is 12.0 Å². The molecule has 17 heavy (non-hydrogen) atoms. The van der Waals surface area contributed by atoms with Crippen molar-refractivity contribution in [1.82, 2.24) is 15.6 Å². The molecule has 0 fully saturated rings. The van der Waals surface area contributed by atoms with E-state index in [0.717, 1.165) is 0 Å². The molecule has 1 heterocycles. The third kappa shape index (κ3) is 5.01. The molecular formula is C10H15N3O4. The minimum absolute atomic E-state index is 0.162. The molecule has 7 heteroatoms. The van der Waals surface area contributed by atoms with Gasteiger partial charge in [0.1, 0.15) is 12.3 Å². The highest BCUT2D eigenvalue weighted by Gasteiger charge is 2.06. The molecule has 94 valence electrons. The Morgan fingerprint density at radius 1 is 1.47 bits per heavy atom. The zero-order chi connectivity index (χ0) is 12.7. The first-order valence-electron chi connectivity index (χ1n) is 5.20. The summed E-state index contributed by atoms with van der Waals surface area (Å²) in [6, 6.07) is -0.478. The van der Waals surface area contributed by atoms with Gasteiger partial charge in [-0.05, 0) is 13.8 Å². The lowest BCUT2D eigenvalue weighted by Gasteiger charge is -2.05. The summed E-state index contributed by atoms with van der Waals surface area (Å²) in [7, 11) is 0. The fourth-order valence-corrected chi connectivity index (χ4v) is 1.07. The number of nitrogens with one attached hydrogen (secondary N) is 2. The van der Waals surface area contributed by atoms with Gasteiger partial charge in [0.2, 0.25) is 5.89 Å². The molecule has 0 unspecified atom stereocenters. The number of hydrogen-bond acceptors (Lipinski definition) is 5. The van der Waals surface area contributed by atoms with E-state index >= 15 is 0 Å². The molecule has 1 aromatic rings. The molecule has 0 spiro atoms. The van der Waals surface area contributed by atoms with Crippen LogP contribution < -0.4 is 10.6 Å². The predicted molar refractivity (Wildman–Crippen MR) is 58.1 cm³/mol. The Balaban J connectivity index is 2.19. The highest BCUT2D eigenvalue weighted by molar-refractivity contribution is 5.80. The highest BCUT2D eigenvalue weighted by atomic mass is 16.5. The van der Waals surface area contributed by atoms with Crippen molar-refractivity contribution in [3.8, 4) is 0 Å². The van der Waals surface area contributed by atoms with Crippen molar-refractivity contribution in [2.24, 2.45) is 0 Å². The first kappa shape index (κ1) is 13.0. The van der Waals surface area contributed by atoms with Crippen LogP contribution >= 0.6 is 0 Å². The SMILES string of the molecule is CCOC(=O)CNC(=O)NCc1ncc(C)o1. The number of rotatable bonds is 5. The molecule has 0 saturated carbocycles. The smallest absolute Gasteiger partial charge is 0.325 e. The number of amides is 2. The van der Waals surface area contributed by atoms with Gasteiger partial charge in [0.05, 0.1) is 19.3 Å². The van der Waals surface area contributed by atoms with E-state index in [-0.39, 0.29) is 19.7 Å². The predicted octanol–water partition coefficient (Wildman–Crippen LogP) is 0.345. The Hall–Kier alpha value is -2.05. The maximum atomic E-state index is 11.2. The molecule has 1 aromatic heterocycles. The molecule has 7 nitrogen and oxygen atoms in total. The number of oxazole rings is 1. The van der Waals surface area contributed by atoms with Crippen LogP contribution in [0, 0.1) is 6.92 Å². The minimum Gasteiger partial charge on any atom is -0.465 e. The molecular weight excluding hydrogens is 226 g/mol. The van der Waals surface area contributed by atoms with Crippen molar-refractivity contribution in [3.05, 3.63) is 17.8 Å². The number of carbonyl (C=O) groups is 2. The molecule has 0 aliphatic carbocycles. The number of aryl methyl sites for hydroxylation is 1. The van der Waals surface area contributed by atoms with E-state index in [2.05, 4.69) is 20.4 Å². The van der Waals surface area contributed by atoms with Gasteiger partial charge in [-0.2, -0.15) is 0 Å². The third-order valence-electron chi connectivity index (χ3n) is 1.77. The van der Waals surface area contributed by atoms with Crippen molar-refractivity contribution in [2.45, 2.75) is 20.4 Å². The number of nitrogens with zero attached hydrogens (tertiary/aromatic N) is 1. The molecule has 0 aromatic carbocycles. The largest absolute Gasteiger partial charge is 0.465 e. The summed E-state index contributed by atoms with van der Waals surface area (Å²) in [5, 5.41) is 4.85. The van der Waals surface area contributed by atoms with E-state index < -0.39 is 12.0 Å². The molecule has 1 rings (SSSR count). The lowest BCUT2D eigenvalue weighted by molar-refractivity contribution is -0.141. The summed E-state index contributed by atoms with van der Waals surface area (Å²) in [5.74, 6) is 0.608. The Kier molecular flexibility index (Phi) is 4.99. The molecule has 0 radical (unpaired) electrons. The van der Waals surface area contributed by atoms with Gasteiger partial charge in [0, 0.05) is 0 Å². The van der Waals surface area contributed by atoms with Crippen LogP contribution in [0.2, 0.25) is 0 Å². The summed E-state index contributed by atoms with van der Waals surface area (Å²) in [6.45, 7) is 3.75. The number of urea groups is 1. The quantitative estimate of drug-likeness (QED) is 0.725. The fraction of sp³-hybridized carbons (Fsp3) is 0.500. The molecule has 0 saturated heterocycles. The maximum Gasteiger partial charge on any atom is 0.325 e. The number of aromatic nitrogens is 1. The van der Waals surface area contributed by atoms with Gasteiger partial charge in [-0.15, -0.1) is 0 Å². The zero-order valence-electron chi connectivity index (χ0n) is 9.78. The van der Waals surface area contributed by atoms with E-state index in [0.29, 0.717) is 11.7 Å². The van der Waals surface area contributed by atoms with E-state index in [4.69, 9.17) is 4.42 Å². The van der Waals surface area contributed by atoms with Crippen molar-refractivity contribution in [3.63, 3.8) is 0 Å². The first-order chi connectivity index (χ1) is 8.11. The summed E-state index contributed by atoms with van der Waals surface area (Å²) in [6.07, 6.45) is 1.56. The van der Waals surface area contributed by atoms with Crippen LogP contribution in [0.1, 0.15) is 18.6 Å². The van der Waals surface area contributed by atoms with Gasteiger partial charge in [0.25, 0.3) is 0 Å². The van der Waals surface area contributed by atoms with Crippen LogP contribution in [-0.4, -0.2) is 30.1 Å². The topological polar surface area (TPSA) is 93.5 Å². The molecule has 0 bridgehead atoms. The van der Waals surface area contributed by atoms with Crippen LogP contribution in [0.3, 0.4) is 0 Å². The lowest BCUT2D eigenvalue weighted by Crippen LogP contribution is -2.38. The minimum atomic E-state index is -0.478. The van der Waals surface area contributed by atoms with Gasteiger partial charge in [-0.1, -0.05) is 0 Å². The van der Waals surface area contributed by atoms with Gasteiger partial charge in [-0.3, -0.25) is 4.79 Å². The Bertz CT molecular complexity index is 389. The van der Waals surface area contributed by atoms with Crippen molar-refractivity contribution in [1.29, 1.82) is 0 Å². The summed E-state index contributed by atoms with van der Waals surface area (Å²) >= 11 is 0. The zero-order valence-corrected chi connectivity index (χ0v) is 9.78. The Labute approximate surface area is 98.5 Å². The number of hydrogen-bond donors (Lipinski definition) is 2. The summed E-state index contributed by atoms with van der Waals surface area (Å²) in [4.78, 5) is 26.1. The summed E-state index contributed by atoms with van der Waals surface area (Å²) < 4.78 is 9.80. The summed E-state index contributed by atoms with van der Waals surface area (Å²) in [5.41, 5.74) is 0. The van der Waals surface area contributed by atoms with Gasteiger partial charge in [-0.25, -0.2) is 9.78 Å². The second-order valence-corrected chi connectivity index (χ2v) is 3.21. The van der Waals surface area contributed by atoms with Crippen LogP contribution in [0.4, 0.5) is 4.79 Å². The molecule has 0 aliphatic rings. The van der Waals surface area contributed by atoms with Crippen LogP contribution in [0.25, 0.3) is 0 Å². The molecule has 0 atom stereocenters. The second kappa shape index (κ2) is 6.51. The number of ether oxygens (including phenoxy) is 1. The van der Waals surface area contributed by atoms with Gasteiger partial charge in [0.15, 0.2) is 0 Å². The van der Waals surface area contributed by atoms with Gasteiger partial charge < -0.3 is 19.8 Å². The number of carbonyl (C=O) groups excluding carboxylic acids is 2. The third-order valence-corrected chi connectivity index (χ3v) is 1.77. The number of esters is 1. The fourth-order valence-electron chi connectivity index (χ4n) is 1.07. The normalized spacial score (nSPS) is 9.76. The molecule has 2 N–H and O–H groups in total. The van der Waals surface area contributed by atoms with Crippen LogP contribution in [-0.2, 0) is 16.1 Å². The molecule has 2 amide bonds. The second-order valence-electron chi connectivity index (χ2n) is 3.21. The van der Waals surface area contributed by atoms with Crippen molar-refractivity contribution in [2.75, 3.05) is 13.2 Å². The average Bonchev–Trinajstić information content (AvgIpc) is 2.70. The van der Waals surface area contributed by atoms with E-state index in [1.165, 1.54) is 0 Å². The van der Waals surface area contributed by atoms with Gasteiger partial charge >= 0.3 is 12.0 Å². The standard InChI is InChI=1S/C10H15N3O4/c1-3-16-9(14)6-13-10(15)12-5-8-11-4-7(2)17-8/h4H,3,5-6H2,1-2H3,(H2,12,13,15). The highest BCUT2D eigenvalue weighted by Crippen LogP contribution is 2.00. The molecule has 0 aliphatic heterocycles. The Morgan fingerprint density at radius 3 is 2.82 bits per heavy atom. The lowest BCUT2D eigenvalue weighted by atomic mass is 10.6. The van der Waals surface area contributed by atoms with Crippen LogP contribution in [0.15, 0.2) is 10.6 Å². The van der Waals surface area contributed by atoms with Crippen molar-refractivity contribution < 1.29 is 18.7 Å². The first-order valence-corrected chi connectivity index (χ1v) is 5.20.